The summed E-state index contributed by atoms with van der Waals surface area (Å²) in [6, 6.07) is 1.60. The second-order valence-electron chi connectivity index (χ2n) is 6.03. The Bertz CT molecular complexity index is 702. The van der Waals surface area contributed by atoms with Crippen molar-refractivity contribution in [3.8, 4) is 0 Å². The van der Waals surface area contributed by atoms with Gasteiger partial charge in [-0.2, -0.15) is 0 Å². The molecule has 0 aliphatic heterocycles. The van der Waals surface area contributed by atoms with Gasteiger partial charge in [0.2, 0.25) is 5.91 Å². The molecule has 0 saturated heterocycles. The lowest BCUT2D eigenvalue weighted by atomic mass is 9.85. The van der Waals surface area contributed by atoms with Crippen molar-refractivity contribution in [2.45, 2.75) is 31.7 Å². The first-order chi connectivity index (χ1) is 11.9. The predicted molar refractivity (Wildman–Crippen MR) is 95.0 cm³/mol. The minimum Gasteiger partial charge on any atom is -0.497 e. The molecule has 1 aromatic rings. The van der Waals surface area contributed by atoms with Crippen LogP contribution in [0, 0.1) is 5.92 Å². The zero-order valence-corrected chi connectivity index (χ0v) is 14.3. The molecule has 1 amide bonds. The zero-order chi connectivity index (χ0) is 18.4. The highest BCUT2D eigenvalue weighted by Crippen LogP contribution is 2.26. The van der Waals surface area contributed by atoms with Gasteiger partial charge in [-0.05, 0) is 25.3 Å². The van der Waals surface area contributed by atoms with Gasteiger partial charge in [-0.25, -0.2) is 14.4 Å². The van der Waals surface area contributed by atoms with Gasteiger partial charge < -0.3 is 15.8 Å². The highest BCUT2D eigenvalue weighted by atomic mass is 19.1. The number of carbonyl (C=O) groups excluding carboxylic acids is 1. The summed E-state index contributed by atoms with van der Waals surface area (Å²) in [5.74, 6) is -0.349. The molecule has 1 aromatic heterocycles. The van der Waals surface area contributed by atoms with E-state index in [9.17, 15) is 9.18 Å². The van der Waals surface area contributed by atoms with Crippen molar-refractivity contribution in [2.75, 3.05) is 12.4 Å². The number of nitrogens with zero attached hydrogens (tertiary/aromatic N) is 2. The first-order valence-electron chi connectivity index (χ1n) is 8.09. The summed E-state index contributed by atoms with van der Waals surface area (Å²) in [4.78, 5) is 20.6. The predicted octanol–water partition coefficient (Wildman–Crippen LogP) is 2.96. The third-order valence-electron chi connectivity index (χ3n) is 4.13. The minimum absolute atomic E-state index is 0.0561. The number of carbonyl (C=O) groups is 1. The van der Waals surface area contributed by atoms with E-state index in [1.165, 1.54) is 19.5 Å². The Balaban J connectivity index is 2.18. The lowest BCUT2D eigenvalue weighted by molar-refractivity contribution is -0.120. The van der Waals surface area contributed by atoms with Crippen molar-refractivity contribution >= 4 is 17.3 Å². The molecule has 1 heterocycles. The smallest absolute Gasteiger partial charge is 0.228 e. The van der Waals surface area contributed by atoms with Crippen molar-refractivity contribution in [3.05, 3.63) is 48.9 Å². The van der Waals surface area contributed by atoms with Gasteiger partial charge in [-0.15, -0.1) is 0 Å². The van der Waals surface area contributed by atoms with Crippen LogP contribution in [-0.4, -0.2) is 29.0 Å². The van der Waals surface area contributed by atoms with E-state index in [0.29, 0.717) is 23.5 Å². The molecule has 2 unspecified atom stereocenters. The van der Waals surface area contributed by atoms with Crippen LogP contribution < -0.4 is 11.1 Å². The highest BCUT2D eigenvalue weighted by Gasteiger charge is 2.25. The minimum atomic E-state index is -0.659. The third kappa shape index (κ3) is 5.22. The molecule has 0 radical (unpaired) electrons. The number of ether oxygens (including phenoxy) is 1. The molecule has 6 nitrogen and oxygen atoms in total. The molecule has 0 aromatic carbocycles. The molecule has 3 N–H and O–H groups in total. The number of allylic oxidation sites excluding steroid dienone is 3. The number of nitrogens with two attached hydrogens (primary N) is 1. The van der Waals surface area contributed by atoms with Crippen molar-refractivity contribution in [3.63, 3.8) is 0 Å². The number of aromatic nitrogens is 2. The van der Waals surface area contributed by atoms with E-state index in [2.05, 4.69) is 28.4 Å². The van der Waals surface area contributed by atoms with Crippen LogP contribution >= 0.6 is 0 Å². The lowest BCUT2D eigenvalue weighted by Crippen LogP contribution is -2.34. The Labute approximate surface area is 146 Å². The van der Waals surface area contributed by atoms with Crippen LogP contribution in [0.15, 0.2) is 43.2 Å². The van der Waals surface area contributed by atoms with Gasteiger partial charge in [0, 0.05) is 23.6 Å². The number of hydrogen-bond donors (Lipinski definition) is 2. The molecule has 1 aliphatic rings. The number of nitrogens with one attached hydrogen (secondary N) is 1. The summed E-state index contributed by atoms with van der Waals surface area (Å²) in [5, 5.41) is 2.78. The quantitative estimate of drug-likeness (QED) is 0.610. The van der Waals surface area contributed by atoms with Crippen LogP contribution in [0.5, 0.6) is 0 Å². The molecule has 1 saturated carbocycles. The largest absolute Gasteiger partial charge is 0.497 e. The van der Waals surface area contributed by atoms with E-state index in [-0.39, 0.29) is 23.6 Å². The summed E-state index contributed by atoms with van der Waals surface area (Å²) in [6.45, 7) is 6.93. The molecular weight excluding hydrogens is 323 g/mol. The normalized spacial score (nSPS) is 20.7. The second kappa shape index (κ2) is 8.53. The van der Waals surface area contributed by atoms with Gasteiger partial charge in [-0.3, -0.25) is 4.79 Å². The average Bonchev–Trinajstić information content (AvgIpc) is 2.59. The van der Waals surface area contributed by atoms with E-state index in [0.717, 1.165) is 19.3 Å². The highest BCUT2D eigenvalue weighted by molar-refractivity contribution is 5.92. The fourth-order valence-electron chi connectivity index (χ4n) is 2.83. The molecule has 2 atom stereocenters. The number of rotatable bonds is 6. The zero-order valence-electron chi connectivity index (χ0n) is 14.3. The summed E-state index contributed by atoms with van der Waals surface area (Å²) in [6.07, 6.45) is 5.81. The molecule has 25 heavy (non-hydrogen) atoms. The average molecular weight is 346 g/mol. The van der Waals surface area contributed by atoms with E-state index in [1.807, 2.05) is 0 Å². The molecular formula is C18H23FN4O2. The number of hydrogen-bond acceptors (Lipinski definition) is 5. The van der Waals surface area contributed by atoms with Crippen molar-refractivity contribution in [1.82, 2.24) is 9.97 Å². The Morgan fingerprint density at radius 2 is 2.20 bits per heavy atom. The van der Waals surface area contributed by atoms with Crippen LogP contribution in [0.4, 0.5) is 10.2 Å². The number of halogens is 1. The van der Waals surface area contributed by atoms with Gasteiger partial charge in [0.25, 0.3) is 0 Å². The monoisotopic (exact) mass is 346 g/mol. The first kappa shape index (κ1) is 18.8. The van der Waals surface area contributed by atoms with E-state index in [1.54, 1.807) is 6.07 Å². The molecule has 0 bridgehead atoms. The summed E-state index contributed by atoms with van der Waals surface area (Å²) >= 11 is 0. The lowest BCUT2D eigenvalue weighted by Gasteiger charge is -2.25. The summed E-state index contributed by atoms with van der Waals surface area (Å²) in [7, 11) is 1.42. The van der Waals surface area contributed by atoms with Gasteiger partial charge in [0.15, 0.2) is 0 Å². The number of amides is 1. The molecule has 0 spiro atoms. The van der Waals surface area contributed by atoms with Gasteiger partial charge in [0.05, 0.1) is 12.8 Å². The molecule has 134 valence electrons. The van der Waals surface area contributed by atoms with Gasteiger partial charge in [0.1, 0.15) is 23.7 Å². The van der Waals surface area contributed by atoms with E-state index < -0.39 is 5.83 Å². The molecule has 7 heteroatoms. The Morgan fingerprint density at radius 1 is 1.44 bits per heavy atom. The van der Waals surface area contributed by atoms with Crippen LogP contribution in [-0.2, 0) is 9.53 Å². The van der Waals surface area contributed by atoms with Crippen molar-refractivity contribution in [2.24, 2.45) is 11.7 Å². The Hall–Kier alpha value is -2.54. The Kier molecular flexibility index (Phi) is 6.41. The van der Waals surface area contributed by atoms with E-state index >= 15 is 0 Å². The maximum atomic E-state index is 13.2. The SMILES string of the molecule is C=C(F)/C=C(\C(=C)OC)c1cc(NC(=O)C2CCCC(N)C2)ncn1. The second-order valence-corrected chi connectivity index (χ2v) is 6.03. The summed E-state index contributed by atoms with van der Waals surface area (Å²) in [5.41, 5.74) is 6.63. The number of anilines is 1. The first-order valence-corrected chi connectivity index (χ1v) is 8.09. The standard InChI is InChI=1S/C18H23FN4O2/c1-11(19)7-15(12(2)25-3)16-9-17(22-10-21-16)23-18(24)13-5-4-6-14(20)8-13/h7,9-10,13-14H,1-2,4-6,8,20H2,3H3,(H,21,22,23,24)/b15-7+. The maximum absolute atomic E-state index is 13.2. The van der Waals surface area contributed by atoms with Gasteiger partial charge in [-0.1, -0.05) is 19.6 Å². The topological polar surface area (TPSA) is 90.1 Å². The van der Waals surface area contributed by atoms with Crippen molar-refractivity contribution in [1.29, 1.82) is 0 Å². The van der Waals surface area contributed by atoms with Crippen LogP contribution in [0.25, 0.3) is 5.57 Å². The van der Waals surface area contributed by atoms with Crippen molar-refractivity contribution < 1.29 is 13.9 Å². The molecule has 1 aliphatic carbocycles. The summed E-state index contributed by atoms with van der Waals surface area (Å²) < 4.78 is 18.3. The number of methoxy groups -OCH3 is 1. The van der Waals surface area contributed by atoms with Crippen LogP contribution in [0.3, 0.4) is 0 Å². The van der Waals surface area contributed by atoms with E-state index in [4.69, 9.17) is 10.5 Å². The molecule has 1 fully saturated rings. The van der Waals surface area contributed by atoms with Crippen LogP contribution in [0.2, 0.25) is 0 Å². The maximum Gasteiger partial charge on any atom is 0.228 e. The fraction of sp³-hybridized carbons (Fsp3) is 0.389. The van der Waals surface area contributed by atoms with Crippen LogP contribution in [0.1, 0.15) is 31.4 Å². The Morgan fingerprint density at radius 3 is 2.84 bits per heavy atom. The van der Waals surface area contributed by atoms with Gasteiger partial charge >= 0.3 is 0 Å². The fourth-order valence-corrected chi connectivity index (χ4v) is 2.83. The molecule has 2 rings (SSSR count). The third-order valence-corrected chi connectivity index (χ3v) is 4.13.